The van der Waals surface area contributed by atoms with E-state index in [0.29, 0.717) is 23.9 Å². The molecular formula is C15H23NOS. The number of nitrogens with zero attached hydrogens (tertiary/aromatic N) is 1. The van der Waals surface area contributed by atoms with Crippen LogP contribution in [-0.4, -0.2) is 16.5 Å². The van der Waals surface area contributed by atoms with Gasteiger partial charge in [0.05, 0.1) is 5.75 Å². The number of aromatic nitrogens is 1. The lowest BCUT2D eigenvalue weighted by Crippen LogP contribution is -2.05. The van der Waals surface area contributed by atoms with E-state index in [4.69, 9.17) is 0 Å². The van der Waals surface area contributed by atoms with Crippen LogP contribution >= 0.6 is 11.8 Å². The van der Waals surface area contributed by atoms with Crippen LogP contribution in [0.3, 0.4) is 0 Å². The van der Waals surface area contributed by atoms with E-state index in [1.807, 2.05) is 12.4 Å². The molecule has 0 aliphatic heterocycles. The molecular weight excluding hydrogens is 242 g/mol. The lowest BCUT2D eigenvalue weighted by molar-refractivity contribution is -0.117. The summed E-state index contributed by atoms with van der Waals surface area (Å²) < 4.78 is 0. The molecule has 2 nitrogen and oxygen atoms in total. The fourth-order valence-corrected chi connectivity index (χ4v) is 2.55. The molecule has 0 fully saturated rings. The van der Waals surface area contributed by atoms with Crippen molar-refractivity contribution in [1.29, 1.82) is 0 Å². The van der Waals surface area contributed by atoms with Gasteiger partial charge in [-0.25, -0.2) is 0 Å². The van der Waals surface area contributed by atoms with E-state index in [9.17, 15) is 4.79 Å². The van der Waals surface area contributed by atoms with Crippen LogP contribution in [0, 0.1) is 5.92 Å². The molecule has 0 aliphatic carbocycles. The molecule has 0 atom stereocenters. The smallest absolute Gasteiger partial charge is 0.143 e. The predicted octanol–water partition coefficient (Wildman–Crippen LogP) is 4.13. The van der Waals surface area contributed by atoms with E-state index in [2.05, 4.69) is 31.8 Å². The van der Waals surface area contributed by atoms with Gasteiger partial charge in [0, 0.05) is 23.7 Å². The zero-order chi connectivity index (χ0) is 13.4. The van der Waals surface area contributed by atoms with Crippen molar-refractivity contribution in [3.8, 4) is 0 Å². The maximum absolute atomic E-state index is 11.6. The number of ketones is 1. The van der Waals surface area contributed by atoms with Crippen LogP contribution in [-0.2, 0) is 11.2 Å². The Bertz CT molecular complexity index is 377. The lowest BCUT2D eigenvalue weighted by Gasteiger charge is -2.05. The van der Waals surface area contributed by atoms with Gasteiger partial charge < -0.3 is 0 Å². The van der Waals surface area contributed by atoms with Gasteiger partial charge in [0.1, 0.15) is 5.78 Å². The van der Waals surface area contributed by atoms with E-state index in [1.54, 1.807) is 11.8 Å². The molecule has 18 heavy (non-hydrogen) atoms. The number of aryl methyl sites for hydroxylation is 1. The minimum absolute atomic E-state index is 0.328. The van der Waals surface area contributed by atoms with Gasteiger partial charge in [0.25, 0.3) is 0 Å². The van der Waals surface area contributed by atoms with Crippen molar-refractivity contribution in [1.82, 2.24) is 4.98 Å². The number of Topliss-reactive ketones (excluding diaryl/α,β-unsaturated/α-hetero) is 1. The first-order valence-electron chi connectivity index (χ1n) is 6.70. The Kier molecular flexibility index (Phi) is 7.02. The molecule has 0 saturated carbocycles. The van der Waals surface area contributed by atoms with Gasteiger partial charge in [0.2, 0.25) is 0 Å². The molecule has 0 bridgehead atoms. The standard InChI is InChI=1S/C15H23NOS/c1-4-5-6-13-8-15(10-16-9-13)18-11-14(17)7-12(2)3/h8-10,12H,4-7,11H2,1-3H3. The average Bonchev–Trinajstić information content (AvgIpc) is 2.33. The van der Waals surface area contributed by atoms with Crippen molar-refractivity contribution in [2.45, 2.75) is 51.3 Å². The van der Waals surface area contributed by atoms with Crippen LogP contribution in [0.2, 0.25) is 0 Å². The minimum Gasteiger partial charge on any atom is -0.299 e. The van der Waals surface area contributed by atoms with Gasteiger partial charge in [-0.2, -0.15) is 0 Å². The number of pyridine rings is 1. The molecule has 0 radical (unpaired) electrons. The Morgan fingerprint density at radius 1 is 1.39 bits per heavy atom. The fraction of sp³-hybridized carbons (Fsp3) is 0.600. The average molecular weight is 265 g/mol. The molecule has 1 rings (SSSR count). The molecule has 3 heteroatoms. The fourth-order valence-electron chi connectivity index (χ4n) is 1.74. The summed E-state index contributed by atoms with van der Waals surface area (Å²) in [6.07, 6.45) is 7.93. The highest BCUT2D eigenvalue weighted by Crippen LogP contribution is 2.20. The van der Waals surface area contributed by atoms with Crippen molar-refractivity contribution in [3.63, 3.8) is 0 Å². The molecule has 0 saturated heterocycles. The van der Waals surface area contributed by atoms with Crippen molar-refractivity contribution in [3.05, 3.63) is 24.0 Å². The van der Waals surface area contributed by atoms with E-state index < -0.39 is 0 Å². The number of hydrogen-bond donors (Lipinski definition) is 0. The van der Waals surface area contributed by atoms with Gasteiger partial charge in [-0.1, -0.05) is 27.2 Å². The van der Waals surface area contributed by atoms with Gasteiger partial charge in [0.15, 0.2) is 0 Å². The van der Waals surface area contributed by atoms with Crippen LogP contribution in [0.15, 0.2) is 23.4 Å². The van der Waals surface area contributed by atoms with Crippen LogP contribution in [0.5, 0.6) is 0 Å². The Balaban J connectivity index is 2.44. The molecule has 0 spiro atoms. The number of unbranched alkanes of at least 4 members (excludes halogenated alkanes) is 1. The van der Waals surface area contributed by atoms with Crippen LogP contribution < -0.4 is 0 Å². The SMILES string of the molecule is CCCCc1cncc(SCC(=O)CC(C)C)c1. The van der Waals surface area contributed by atoms with Crippen molar-refractivity contribution in [2.24, 2.45) is 5.92 Å². The molecule has 1 aromatic heterocycles. The topological polar surface area (TPSA) is 30.0 Å². The summed E-state index contributed by atoms with van der Waals surface area (Å²) in [5.41, 5.74) is 1.28. The van der Waals surface area contributed by atoms with Gasteiger partial charge in [-0.15, -0.1) is 11.8 Å². The molecule has 0 unspecified atom stereocenters. The van der Waals surface area contributed by atoms with Crippen LogP contribution in [0.4, 0.5) is 0 Å². The summed E-state index contributed by atoms with van der Waals surface area (Å²) in [5.74, 6) is 1.35. The summed E-state index contributed by atoms with van der Waals surface area (Å²) >= 11 is 1.61. The van der Waals surface area contributed by atoms with Crippen molar-refractivity contribution >= 4 is 17.5 Å². The lowest BCUT2D eigenvalue weighted by atomic mass is 10.1. The largest absolute Gasteiger partial charge is 0.299 e. The van der Waals surface area contributed by atoms with E-state index in [-0.39, 0.29) is 0 Å². The van der Waals surface area contributed by atoms with Gasteiger partial charge in [-0.05, 0) is 30.4 Å². The van der Waals surface area contributed by atoms with Crippen molar-refractivity contribution in [2.75, 3.05) is 5.75 Å². The number of hydrogen-bond acceptors (Lipinski definition) is 3. The van der Waals surface area contributed by atoms with Gasteiger partial charge >= 0.3 is 0 Å². The number of carbonyl (C=O) groups excluding carboxylic acids is 1. The Labute approximate surface area is 115 Å². The second-order valence-electron chi connectivity index (χ2n) is 5.06. The molecule has 0 aliphatic rings. The molecule has 0 N–H and O–H groups in total. The first-order chi connectivity index (χ1) is 8.61. The Hall–Kier alpha value is -0.830. The summed E-state index contributed by atoms with van der Waals surface area (Å²) in [4.78, 5) is 17.0. The minimum atomic E-state index is 0.328. The second-order valence-corrected chi connectivity index (χ2v) is 6.11. The third-order valence-corrected chi connectivity index (χ3v) is 3.65. The summed E-state index contributed by atoms with van der Waals surface area (Å²) in [6, 6.07) is 2.16. The Morgan fingerprint density at radius 3 is 2.83 bits per heavy atom. The highest BCUT2D eigenvalue weighted by molar-refractivity contribution is 8.00. The second kappa shape index (κ2) is 8.30. The van der Waals surface area contributed by atoms with Crippen LogP contribution in [0.1, 0.15) is 45.6 Å². The zero-order valence-corrected chi connectivity index (χ0v) is 12.4. The summed E-state index contributed by atoms with van der Waals surface area (Å²) in [6.45, 7) is 6.35. The highest BCUT2D eigenvalue weighted by Gasteiger charge is 2.06. The molecule has 1 heterocycles. The zero-order valence-electron chi connectivity index (χ0n) is 11.6. The quantitative estimate of drug-likeness (QED) is 0.662. The third-order valence-electron chi connectivity index (χ3n) is 2.62. The van der Waals surface area contributed by atoms with Crippen molar-refractivity contribution < 1.29 is 4.79 Å². The van der Waals surface area contributed by atoms with Crippen LogP contribution in [0.25, 0.3) is 0 Å². The molecule has 100 valence electrons. The Morgan fingerprint density at radius 2 is 2.17 bits per heavy atom. The summed E-state index contributed by atoms with van der Waals surface area (Å²) in [5, 5.41) is 0. The first kappa shape index (κ1) is 15.2. The summed E-state index contributed by atoms with van der Waals surface area (Å²) in [7, 11) is 0. The third kappa shape index (κ3) is 6.20. The molecule has 0 amide bonds. The normalized spacial score (nSPS) is 10.9. The predicted molar refractivity (Wildman–Crippen MR) is 78.0 cm³/mol. The van der Waals surface area contributed by atoms with E-state index in [0.717, 1.165) is 11.3 Å². The molecule has 1 aromatic rings. The first-order valence-corrected chi connectivity index (χ1v) is 7.68. The number of carbonyl (C=O) groups is 1. The monoisotopic (exact) mass is 265 g/mol. The number of thioether (sulfide) groups is 1. The number of rotatable bonds is 8. The highest BCUT2D eigenvalue weighted by atomic mass is 32.2. The molecule has 0 aromatic carbocycles. The van der Waals surface area contributed by atoms with Gasteiger partial charge in [-0.3, -0.25) is 9.78 Å². The van der Waals surface area contributed by atoms with E-state index >= 15 is 0 Å². The van der Waals surface area contributed by atoms with E-state index in [1.165, 1.54) is 18.4 Å². The maximum atomic E-state index is 11.6. The maximum Gasteiger partial charge on any atom is 0.143 e.